The van der Waals surface area contributed by atoms with Gasteiger partial charge in [0.1, 0.15) is 5.25 Å². The Bertz CT molecular complexity index is 217. The summed E-state index contributed by atoms with van der Waals surface area (Å²) in [6, 6.07) is 0. The molecule has 102 valence electrons. The van der Waals surface area contributed by atoms with Gasteiger partial charge in [0.25, 0.3) is 0 Å². The van der Waals surface area contributed by atoms with E-state index in [0.717, 1.165) is 31.9 Å². The third-order valence-electron chi connectivity index (χ3n) is 2.41. The number of hydrogen-bond acceptors (Lipinski definition) is 2. The zero-order valence-electron chi connectivity index (χ0n) is 10.5. The Morgan fingerprint density at radius 3 is 2.47 bits per heavy atom. The highest BCUT2D eigenvalue weighted by Crippen LogP contribution is 2.22. The van der Waals surface area contributed by atoms with Crippen LogP contribution in [0.3, 0.4) is 0 Å². The minimum Gasteiger partial charge on any atom is -0.480 e. The van der Waals surface area contributed by atoms with Gasteiger partial charge in [0.15, 0.2) is 0 Å². The number of aliphatic carboxylic acids is 1. The fraction of sp³-hybridized carbons (Fsp3) is 0.917. The first kappa shape index (κ1) is 16.7. The zero-order valence-corrected chi connectivity index (χ0v) is 11.4. The first-order valence-electron chi connectivity index (χ1n) is 6.09. The molecule has 0 aromatic carbocycles. The van der Waals surface area contributed by atoms with Gasteiger partial charge in [-0.15, -0.1) is 11.8 Å². The molecule has 1 N–H and O–H groups in total. The Morgan fingerprint density at radius 2 is 2.00 bits per heavy atom. The lowest BCUT2D eigenvalue weighted by Gasteiger charge is -2.11. The quantitative estimate of drug-likeness (QED) is 0.604. The summed E-state index contributed by atoms with van der Waals surface area (Å²) in [4.78, 5) is 10.8. The fourth-order valence-electron chi connectivity index (χ4n) is 1.48. The molecule has 1 unspecified atom stereocenters. The van der Waals surface area contributed by atoms with Crippen LogP contribution in [0.2, 0.25) is 0 Å². The van der Waals surface area contributed by atoms with E-state index in [1.54, 1.807) is 0 Å². The normalized spacial score (nSPS) is 13.6. The number of alkyl halides is 2. The number of rotatable bonds is 10. The molecular formula is C12H22F2O2S. The number of hydrogen-bond donors (Lipinski definition) is 1. The van der Waals surface area contributed by atoms with E-state index in [4.69, 9.17) is 5.11 Å². The molecule has 17 heavy (non-hydrogen) atoms. The van der Waals surface area contributed by atoms with Crippen molar-refractivity contribution in [3.05, 3.63) is 0 Å². The van der Waals surface area contributed by atoms with E-state index in [9.17, 15) is 13.6 Å². The fourth-order valence-corrected chi connectivity index (χ4v) is 2.68. The van der Waals surface area contributed by atoms with Crippen LogP contribution in [-0.2, 0) is 4.79 Å². The monoisotopic (exact) mass is 268 g/mol. The second-order valence-corrected chi connectivity index (χ2v) is 5.68. The van der Waals surface area contributed by atoms with Crippen LogP contribution in [0.25, 0.3) is 0 Å². The predicted octanol–water partition coefficient (Wildman–Crippen LogP) is 4.19. The van der Waals surface area contributed by atoms with Crippen LogP contribution in [0.5, 0.6) is 0 Å². The van der Waals surface area contributed by atoms with Gasteiger partial charge < -0.3 is 5.11 Å². The summed E-state index contributed by atoms with van der Waals surface area (Å²) in [6.45, 7) is 2.89. The largest absolute Gasteiger partial charge is 0.480 e. The predicted molar refractivity (Wildman–Crippen MR) is 67.9 cm³/mol. The molecule has 0 aliphatic carbocycles. The third kappa shape index (κ3) is 10.5. The highest BCUT2D eigenvalue weighted by molar-refractivity contribution is 8.00. The second-order valence-electron chi connectivity index (χ2n) is 4.37. The van der Waals surface area contributed by atoms with Crippen molar-refractivity contribution in [2.45, 2.75) is 63.5 Å². The molecule has 0 bridgehead atoms. The van der Waals surface area contributed by atoms with E-state index in [1.807, 2.05) is 6.92 Å². The van der Waals surface area contributed by atoms with Gasteiger partial charge in [0, 0.05) is 6.42 Å². The van der Waals surface area contributed by atoms with Crippen molar-refractivity contribution in [3.63, 3.8) is 0 Å². The second kappa shape index (κ2) is 8.72. The molecule has 0 fully saturated rings. The summed E-state index contributed by atoms with van der Waals surface area (Å²) in [5.41, 5.74) is 0. The Morgan fingerprint density at radius 1 is 1.35 bits per heavy atom. The lowest BCUT2D eigenvalue weighted by Crippen LogP contribution is -2.16. The van der Waals surface area contributed by atoms with Crippen molar-refractivity contribution in [2.75, 3.05) is 5.75 Å². The maximum Gasteiger partial charge on any atom is 0.316 e. The Labute approximate surface area is 106 Å². The summed E-state index contributed by atoms with van der Waals surface area (Å²) in [5.74, 6) is -2.59. The molecular weight excluding hydrogens is 246 g/mol. The van der Waals surface area contributed by atoms with Gasteiger partial charge in [0.2, 0.25) is 5.92 Å². The summed E-state index contributed by atoms with van der Waals surface area (Å²) < 4.78 is 25.0. The van der Waals surface area contributed by atoms with Crippen molar-refractivity contribution < 1.29 is 18.7 Å². The first-order chi connectivity index (χ1) is 7.87. The van der Waals surface area contributed by atoms with Gasteiger partial charge in [0.05, 0.1) is 0 Å². The lowest BCUT2D eigenvalue weighted by molar-refractivity contribution is -0.136. The molecule has 0 aromatic heterocycles. The van der Waals surface area contributed by atoms with Crippen LogP contribution >= 0.6 is 11.8 Å². The molecule has 1 atom stereocenters. The standard InChI is InChI=1S/C12H22F2O2S/c1-3-7-10(11(15)16)17-9-6-4-5-8-12(2,13)14/h10H,3-9H2,1-2H3,(H,15,16). The molecule has 0 saturated carbocycles. The van der Waals surface area contributed by atoms with Crippen LogP contribution < -0.4 is 0 Å². The van der Waals surface area contributed by atoms with Crippen LogP contribution in [-0.4, -0.2) is 28.0 Å². The molecule has 0 aliphatic rings. The summed E-state index contributed by atoms with van der Waals surface area (Å²) >= 11 is 1.43. The van der Waals surface area contributed by atoms with Gasteiger partial charge >= 0.3 is 5.97 Å². The number of carboxylic acid groups (broad SMARTS) is 1. The molecule has 0 spiro atoms. The molecule has 0 aromatic rings. The molecule has 0 aliphatic heterocycles. The highest BCUT2D eigenvalue weighted by atomic mass is 32.2. The van der Waals surface area contributed by atoms with Crippen LogP contribution in [0.15, 0.2) is 0 Å². The minimum absolute atomic E-state index is 0.0744. The molecule has 0 amide bonds. The van der Waals surface area contributed by atoms with E-state index in [-0.39, 0.29) is 11.7 Å². The Hall–Kier alpha value is -0.320. The summed E-state index contributed by atoms with van der Waals surface area (Å²) in [6.07, 6.45) is 3.52. The van der Waals surface area contributed by atoms with Crippen LogP contribution in [0, 0.1) is 0 Å². The molecule has 0 heterocycles. The van der Waals surface area contributed by atoms with Crippen molar-refractivity contribution in [1.82, 2.24) is 0 Å². The van der Waals surface area contributed by atoms with Crippen molar-refractivity contribution in [2.24, 2.45) is 0 Å². The highest BCUT2D eigenvalue weighted by Gasteiger charge is 2.20. The average Bonchev–Trinajstić information content (AvgIpc) is 2.19. The molecule has 0 radical (unpaired) electrons. The summed E-state index contributed by atoms with van der Waals surface area (Å²) in [5, 5.41) is 8.55. The number of thioether (sulfide) groups is 1. The number of carbonyl (C=O) groups is 1. The molecule has 0 saturated heterocycles. The minimum atomic E-state index is -2.57. The van der Waals surface area contributed by atoms with Gasteiger partial charge in [-0.25, -0.2) is 8.78 Å². The van der Waals surface area contributed by atoms with E-state index < -0.39 is 11.9 Å². The van der Waals surface area contributed by atoms with Crippen molar-refractivity contribution in [1.29, 1.82) is 0 Å². The molecule has 0 rings (SSSR count). The first-order valence-corrected chi connectivity index (χ1v) is 7.14. The SMILES string of the molecule is CCCC(SCCCCCC(C)(F)F)C(=O)O. The van der Waals surface area contributed by atoms with E-state index in [0.29, 0.717) is 12.8 Å². The van der Waals surface area contributed by atoms with Gasteiger partial charge in [-0.05, 0) is 31.9 Å². The Balaban J connectivity index is 3.52. The van der Waals surface area contributed by atoms with Crippen LogP contribution in [0.1, 0.15) is 52.4 Å². The van der Waals surface area contributed by atoms with Gasteiger partial charge in [-0.1, -0.05) is 19.8 Å². The number of carboxylic acids is 1. The lowest BCUT2D eigenvalue weighted by atomic mass is 10.1. The van der Waals surface area contributed by atoms with Crippen molar-refractivity contribution in [3.8, 4) is 0 Å². The van der Waals surface area contributed by atoms with Gasteiger partial charge in [-0.2, -0.15) is 0 Å². The maximum absolute atomic E-state index is 12.5. The topological polar surface area (TPSA) is 37.3 Å². The zero-order chi connectivity index (χ0) is 13.3. The average molecular weight is 268 g/mol. The molecule has 2 nitrogen and oxygen atoms in total. The number of halogens is 2. The van der Waals surface area contributed by atoms with E-state index in [1.165, 1.54) is 11.8 Å². The van der Waals surface area contributed by atoms with E-state index >= 15 is 0 Å². The van der Waals surface area contributed by atoms with Crippen molar-refractivity contribution >= 4 is 17.7 Å². The van der Waals surface area contributed by atoms with Crippen LogP contribution in [0.4, 0.5) is 8.78 Å². The Kier molecular flexibility index (Phi) is 8.56. The smallest absolute Gasteiger partial charge is 0.316 e. The molecule has 5 heteroatoms. The summed E-state index contributed by atoms with van der Waals surface area (Å²) in [7, 11) is 0. The maximum atomic E-state index is 12.5. The third-order valence-corrected chi connectivity index (χ3v) is 3.77. The van der Waals surface area contributed by atoms with E-state index in [2.05, 4.69) is 0 Å². The van der Waals surface area contributed by atoms with Gasteiger partial charge in [-0.3, -0.25) is 4.79 Å². The number of unbranched alkanes of at least 4 members (excludes halogenated alkanes) is 2.